The van der Waals surface area contributed by atoms with Crippen LogP contribution in [0, 0.1) is 0 Å². The number of nitrogens with zero attached hydrogens (tertiary/aromatic N) is 2. The van der Waals surface area contributed by atoms with Crippen LogP contribution in [0.3, 0.4) is 0 Å². The molecule has 0 spiro atoms. The highest BCUT2D eigenvalue weighted by Crippen LogP contribution is 2.27. The van der Waals surface area contributed by atoms with Crippen LogP contribution in [0.2, 0.25) is 0 Å². The van der Waals surface area contributed by atoms with Gasteiger partial charge in [0.25, 0.3) is 0 Å². The number of likely N-dealkylation sites (N-methyl/N-ethyl adjacent to an activating group) is 1. The van der Waals surface area contributed by atoms with Crippen molar-refractivity contribution in [2.45, 2.75) is 6.04 Å². The largest absolute Gasteiger partial charge is 0.497 e. The van der Waals surface area contributed by atoms with Gasteiger partial charge < -0.3 is 15.0 Å². The Hall–Kier alpha value is -2.11. The van der Waals surface area contributed by atoms with E-state index >= 15 is 0 Å². The molecule has 1 N–H and O–H groups in total. The number of aromatic nitrogens is 1. The Balaban J connectivity index is 1.76. The van der Waals surface area contributed by atoms with Gasteiger partial charge in [0, 0.05) is 6.54 Å². The van der Waals surface area contributed by atoms with Gasteiger partial charge in [-0.2, -0.15) is 0 Å². The highest BCUT2D eigenvalue weighted by molar-refractivity contribution is 7.22. The first-order valence-electron chi connectivity index (χ1n) is 7.57. The lowest BCUT2D eigenvalue weighted by atomic mass is 10.1. The van der Waals surface area contributed by atoms with Crippen molar-refractivity contribution in [2.24, 2.45) is 0 Å². The summed E-state index contributed by atoms with van der Waals surface area (Å²) in [6, 6.07) is 16.7. The maximum atomic E-state index is 5.34. The number of methoxy groups -OCH3 is 1. The number of anilines is 1. The second kappa shape index (κ2) is 6.98. The summed E-state index contributed by atoms with van der Waals surface area (Å²) < 4.78 is 6.54. The fraction of sp³-hybridized carbons (Fsp3) is 0.278. The van der Waals surface area contributed by atoms with Crippen molar-refractivity contribution < 1.29 is 4.74 Å². The topological polar surface area (TPSA) is 37.4 Å². The first-order chi connectivity index (χ1) is 11.2. The van der Waals surface area contributed by atoms with E-state index in [1.165, 1.54) is 10.3 Å². The van der Waals surface area contributed by atoms with Crippen molar-refractivity contribution in [3.63, 3.8) is 0 Å². The Morgan fingerprint density at radius 1 is 1.17 bits per heavy atom. The predicted molar refractivity (Wildman–Crippen MR) is 97.5 cm³/mol. The average molecular weight is 327 g/mol. The highest BCUT2D eigenvalue weighted by Gasteiger charge is 2.15. The van der Waals surface area contributed by atoms with E-state index in [4.69, 9.17) is 4.74 Å². The van der Waals surface area contributed by atoms with Gasteiger partial charge in [0.15, 0.2) is 5.13 Å². The van der Waals surface area contributed by atoms with Crippen LogP contribution in [0.5, 0.6) is 5.75 Å². The van der Waals surface area contributed by atoms with Crippen LogP contribution in [0.25, 0.3) is 10.2 Å². The van der Waals surface area contributed by atoms with Gasteiger partial charge in [0.05, 0.1) is 23.4 Å². The molecule has 0 saturated carbocycles. The third-order valence-corrected chi connectivity index (χ3v) is 4.84. The van der Waals surface area contributed by atoms with Crippen molar-refractivity contribution in [2.75, 3.05) is 33.1 Å². The first-order valence-corrected chi connectivity index (χ1v) is 8.39. The molecule has 1 aromatic heterocycles. The fourth-order valence-corrected chi connectivity index (χ4v) is 3.45. The van der Waals surface area contributed by atoms with Gasteiger partial charge in [-0.25, -0.2) is 4.98 Å². The van der Waals surface area contributed by atoms with Crippen LogP contribution >= 0.6 is 11.3 Å². The van der Waals surface area contributed by atoms with Gasteiger partial charge in [-0.15, -0.1) is 0 Å². The van der Waals surface area contributed by atoms with Gasteiger partial charge in [-0.05, 0) is 43.9 Å². The summed E-state index contributed by atoms with van der Waals surface area (Å²) in [4.78, 5) is 6.84. The fourth-order valence-electron chi connectivity index (χ4n) is 2.58. The van der Waals surface area contributed by atoms with E-state index < -0.39 is 0 Å². The number of hydrogen-bond acceptors (Lipinski definition) is 5. The smallest absolute Gasteiger partial charge is 0.183 e. The Morgan fingerprint density at radius 3 is 2.74 bits per heavy atom. The lowest BCUT2D eigenvalue weighted by Crippen LogP contribution is -2.26. The quantitative estimate of drug-likeness (QED) is 0.742. The van der Waals surface area contributed by atoms with Gasteiger partial charge in [0.2, 0.25) is 0 Å². The number of thiazole rings is 1. The van der Waals surface area contributed by atoms with E-state index in [1.807, 2.05) is 30.3 Å². The van der Waals surface area contributed by atoms with Crippen LogP contribution in [0.15, 0.2) is 48.5 Å². The van der Waals surface area contributed by atoms with Crippen LogP contribution < -0.4 is 10.1 Å². The third-order valence-electron chi connectivity index (χ3n) is 3.84. The standard InChI is InChI=1S/C18H21N3OS/c1-21(2)16(13-7-6-8-14(11-13)22-3)12-19-18-20-15-9-4-5-10-17(15)23-18/h4-11,16H,12H2,1-3H3,(H,19,20)/t16-/m1/s1. The number of nitrogens with one attached hydrogen (secondary N) is 1. The molecule has 23 heavy (non-hydrogen) atoms. The Bertz CT molecular complexity index is 752. The molecule has 0 radical (unpaired) electrons. The summed E-state index contributed by atoms with van der Waals surface area (Å²) in [6.45, 7) is 0.792. The molecular weight excluding hydrogens is 306 g/mol. The van der Waals surface area contributed by atoms with E-state index in [2.05, 4.69) is 47.5 Å². The summed E-state index contributed by atoms with van der Waals surface area (Å²) in [7, 11) is 5.87. The van der Waals surface area contributed by atoms with Gasteiger partial charge in [0.1, 0.15) is 5.75 Å². The molecule has 3 aromatic rings. The van der Waals surface area contributed by atoms with Crippen LogP contribution in [0.4, 0.5) is 5.13 Å². The molecule has 0 bridgehead atoms. The zero-order valence-corrected chi connectivity index (χ0v) is 14.4. The van der Waals surface area contributed by atoms with Crippen LogP contribution in [0.1, 0.15) is 11.6 Å². The third kappa shape index (κ3) is 3.63. The average Bonchev–Trinajstić information content (AvgIpc) is 2.97. The highest BCUT2D eigenvalue weighted by atomic mass is 32.1. The molecule has 1 atom stereocenters. The maximum absolute atomic E-state index is 5.34. The molecule has 0 aliphatic heterocycles. The Kier molecular flexibility index (Phi) is 4.79. The van der Waals surface area contributed by atoms with E-state index in [0.29, 0.717) is 0 Å². The number of para-hydroxylation sites is 1. The molecule has 120 valence electrons. The Labute approximate surface area is 140 Å². The number of hydrogen-bond donors (Lipinski definition) is 1. The molecule has 0 fully saturated rings. The molecular formula is C18H21N3OS. The second-order valence-corrected chi connectivity index (χ2v) is 6.65. The van der Waals surface area contributed by atoms with Crippen molar-refractivity contribution in [3.05, 3.63) is 54.1 Å². The molecule has 0 aliphatic carbocycles. The summed E-state index contributed by atoms with van der Waals surface area (Å²) in [5.74, 6) is 0.884. The SMILES string of the molecule is COc1cccc([C@@H](CNc2nc3ccccc3s2)N(C)C)c1. The van der Waals surface area contributed by atoms with E-state index in [0.717, 1.165) is 22.9 Å². The van der Waals surface area contributed by atoms with Gasteiger partial charge in [-0.3, -0.25) is 0 Å². The zero-order valence-electron chi connectivity index (χ0n) is 13.6. The number of fused-ring (bicyclic) bond motifs is 1. The lowest BCUT2D eigenvalue weighted by Gasteiger charge is -2.25. The molecule has 5 heteroatoms. The van der Waals surface area contributed by atoms with Gasteiger partial charge >= 0.3 is 0 Å². The summed E-state index contributed by atoms with van der Waals surface area (Å²) >= 11 is 1.69. The molecule has 0 saturated heterocycles. The molecule has 0 aliphatic rings. The van der Waals surface area contributed by atoms with E-state index in [9.17, 15) is 0 Å². The Morgan fingerprint density at radius 2 is 2.00 bits per heavy atom. The normalized spacial score (nSPS) is 12.5. The minimum absolute atomic E-state index is 0.247. The van der Waals surface area contributed by atoms with Crippen molar-refractivity contribution >= 4 is 26.7 Å². The summed E-state index contributed by atoms with van der Waals surface area (Å²) in [5, 5.41) is 4.44. The summed E-state index contributed by atoms with van der Waals surface area (Å²) in [6.07, 6.45) is 0. The number of ether oxygens (including phenoxy) is 1. The van der Waals surface area contributed by atoms with Crippen LogP contribution in [-0.4, -0.2) is 37.6 Å². The second-order valence-electron chi connectivity index (χ2n) is 5.62. The molecule has 3 rings (SSSR count). The zero-order chi connectivity index (χ0) is 16.2. The van der Waals surface area contributed by atoms with E-state index in [1.54, 1.807) is 18.4 Å². The minimum Gasteiger partial charge on any atom is -0.497 e. The first kappa shape index (κ1) is 15.8. The van der Waals surface area contributed by atoms with Gasteiger partial charge in [-0.1, -0.05) is 35.6 Å². The van der Waals surface area contributed by atoms with Crippen molar-refractivity contribution in [1.29, 1.82) is 0 Å². The molecule has 1 heterocycles. The molecule has 4 nitrogen and oxygen atoms in total. The predicted octanol–water partition coefficient (Wildman–Crippen LogP) is 4.02. The monoisotopic (exact) mass is 327 g/mol. The molecule has 0 unspecified atom stereocenters. The molecule has 0 amide bonds. The number of benzene rings is 2. The minimum atomic E-state index is 0.247. The van der Waals surface area contributed by atoms with Crippen molar-refractivity contribution in [1.82, 2.24) is 9.88 Å². The van der Waals surface area contributed by atoms with Crippen LogP contribution in [-0.2, 0) is 0 Å². The number of rotatable bonds is 6. The molecule has 2 aromatic carbocycles. The van der Waals surface area contributed by atoms with Crippen molar-refractivity contribution in [3.8, 4) is 5.75 Å². The lowest BCUT2D eigenvalue weighted by molar-refractivity contribution is 0.310. The summed E-state index contributed by atoms with van der Waals surface area (Å²) in [5.41, 5.74) is 2.27. The van der Waals surface area contributed by atoms with E-state index in [-0.39, 0.29) is 6.04 Å². The maximum Gasteiger partial charge on any atom is 0.183 e.